The molecule has 2 aliphatic rings. The van der Waals surface area contributed by atoms with Crippen LogP contribution >= 0.6 is 0 Å². The average molecular weight is 179 g/mol. The molecule has 0 aromatic carbocycles. The van der Waals surface area contributed by atoms with E-state index in [1.807, 2.05) is 0 Å². The third-order valence-corrected chi connectivity index (χ3v) is 3.98. The van der Waals surface area contributed by atoms with Gasteiger partial charge in [-0.05, 0) is 64.6 Å². The molecule has 0 unspecified atom stereocenters. The van der Waals surface area contributed by atoms with Gasteiger partial charge in [0.05, 0.1) is 0 Å². The molecule has 0 bridgehead atoms. The molecule has 1 heterocycles. The van der Waals surface area contributed by atoms with Crippen LogP contribution in [0.25, 0.3) is 0 Å². The Morgan fingerprint density at radius 3 is 2.46 bits per heavy atom. The molecule has 0 atom stereocenters. The number of nitrogens with zero attached hydrogens (tertiary/aromatic N) is 1. The molecule has 1 saturated heterocycles. The molecule has 0 aromatic heterocycles. The SMILES string of the molecule is CC1=CCC2(CC1)CCN(C)CC2. The first-order valence-corrected chi connectivity index (χ1v) is 5.54. The predicted molar refractivity (Wildman–Crippen MR) is 56.8 cm³/mol. The van der Waals surface area contributed by atoms with Gasteiger partial charge in [-0.2, -0.15) is 0 Å². The average Bonchev–Trinajstić information content (AvgIpc) is 2.16. The molecule has 2 rings (SSSR count). The van der Waals surface area contributed by atoms with Gasteiger partial charge in [0.1, 0.15) is 0 Å². The Balaban J connectivity index is 1.99. The van der Waals surface area contributed by atoms with Crippen molar-refractivity contribution in [2.75, 3.05) is 20.1 Å². The summed E-state index contributed by atoms with van der Waals surface area (Å²) >= 11 is 0. The van der Waals surface area contributed by atoms with Crippen LogP contribution < -0.4 is 0 Å². The standard InChI is InChI=1S/C12H21N/c1-11-3-5-12(6-4-11)7-9-13(2)10-8-12/h3H,4-10H2,1-2H3. The first kappa shape index (κ1) is 9.26. The van der Waals surface area contributed by atoms with Crippen LogP contribution in [0, 0.1) is 5.41 Å². The van der Waals surface area contributed by atoms with E-state index in [9.17, 15) is 0 Å². The summed E-state index contributed by atoms with van der Waals surface area (Å²) in [5.41, 5.74) is 2.32. The minimum atomic E-state index is 0.700. The van der Waals surface area contributed by atoms with Crippen molar-refractivity contribution in [2.45, 2.75) is 39.0 Å². The molecule has 74 valence electrons. The van der Waals surface area contributed by atoms with E-state index in [-0.39, 0.29) is 0 Å². The maximum atomic E-state index is 2.48. The Bertz CT molecular complexity index is 209. The molecule has 1 aliphatic heterocycles. The highest BCUT2D eigenvalue weighted by atomic mass is 15.1. The van der Waals surface area contributed by atoms with Crippen LogP contribution in [0.15, 0.2) is 11.6 Å². The number of likely N-dealkylation sites (tertiary alicyclic amines) is 1. The van der Waals surface area contributed by atoms with Crippen molar-refractivity contribution in [3.63, 3.8) is 0 Å². The molecule has 0 N–H and O–H groups in total. The first-order valence-electron chi connectivity index (χ1n) is 5.54. The second-order valence-electron chi connectivity index (χ2n) is 5.06. The monoisotopic (exact) mass is 179 g/mol. The molecular formula is C12H21N. The lowest BCUT2D eigenvalue weighted by molar-refractivity contribution is 0.110. The molecule has 1 aliphatic carbocycles. The third-order valence-electron chi connectivity index (χ3n) is 3.98. The molecule has 1 nitrogen and oxygen atoms in total. The summed E-state index contributed by atoms with van der Waals surface area (Å²) in [6.07, 6.45) is 9.48. The lowest BCUT2D eigenvalue weighted by atomic mass is 9.69. The summed E-state index contributed by atoms with van der Waals surface area (Å²) in [5.74, 6) is 0. The molecule has 0 aromatic rings. The van der Waals surface area contributed by atoms with Crippen molar-refractivity contribution < 1.29 is 0 Å². The second kappa shape index (κ2) is 3.45. The van der Waals surface area contributed by atoms with Crippen LogP contribution in [0.3, 0.4) is 0 Å². The lowest BCUT2D eigenvalue weighted by Gasteiger charge is -2.42. The van der Waals surface area contributed by atoms with E-state index >= 15 is 0 Å². The van der Waals surface area contributed by atoms with Gasteiger partial charge in [-0.15, -0.1) is 0 Å². The van der Waals surface area contributed by atoms with Crippen LogP contribution in [0.5, 0.6) is 0 Å². The number of allylic oxidation sites excluding steroid dienone is 2. The Morgan fingerprint density at radius 1 is 1.23 bits per heavy atom. The van der Waals surface area contributed by atoms with Crippen molar-refractivity contribution in [1.29, 1.82) is 0 Å². The van der Waals surface area contributed by atoms with E-state index < -0.39 is 0 Å². The fourth-order valence-corrected chi connectivity index (χ4v) is 2.60. The highest BCUT2D eigenvalue weighted by Crippen LogP contribution is 2.43. The minimum Gasteiger partial charge on any atom is -0.306 e. The Hall–Kier alpha value is -0.300. The van der Waals surface area contributed by atoms with E-state index in [0.29, 0.717) is 5.41 Å². The molecular weight excluding hydrogens is 158 g/mol. The summed E-state index contributed by atoms with van der Waals surface area (Å²) in [6, 6.07) is 0. The quantitative estimate of drug-likeness (QED) is 0.517. The van der Waals surface area contributed by atoms with Crippen LogP contribution in [0.2, 0.25) is 0 Å². The number of rotatable bonds is 0. The summed E-state index contributed by atoms with van der Waals surface area (Å²) in [4.78, 5) is 2.47. The summed E-state index contributed by atoms with van der Waals surface area (Å²) in [5, 5.41) is 0. The fourth-order valence-electron chi connectivity index (χ4n) is 2.60. The zero-order valence-corrected chi connectivity index (χ0v) is 8.97. The molecule has 0 saturated carbocycles. The van der Waals surface area contributed by atoms with Gasteiger partial charge in [0.25, 0.3) is 0 Å². The molecule has 13 heavy (non-hydrogen) atoms. The van der Waals surface area contributed by atoms with E-state index in [2.05, 4.69) is 24.9 Å². The van der Waals surface area contributed by atoms with Gasteiger partial charge in [0.2, 0.25) is 0 Å². The van der Waals surface area contributed by atoms with Crippen molar-refractivity contribution >= 4 is 0 Å². The molecule has 1 fully saturated rings. The Kier molecular flexibility index (Phi) is 2.46. The van der Waals surface area contributed by atoms with Crippen molar-refractivity contribution in [1.82, 2.24) is 4.90 Å². The number of piperidine rings is 1. The summed E-state index contributed by atoms with van der Waals surface area (Å²) in [7, 11) is 2.25. The van der Waals surface area contributed by atoms with Gasteiger partial charge >= 0.3 is 0 Å². The summed E-state index contributed by atoms with van der Waals surface area (Å²) < 4.78 is 0. The predicted octanol–water partition coefficient (Wildman–Crippen LogP) is 2.83. The topological polar surface area (TPSA) is 3.24 Å². The largest absolute Gasteiger partial charge is 0.306 e. The third kappa shape index (κ3) is 1.96. The molecule has 1 heteroatoms. The first-order chi connectivity index (χ1) is 6.20. The van der Waals surface area contributed by atoms with E-state index in [1.165, 1.54) is 45.2 Å². The van der Waals surface area contributed by atoms with Gasteiger partial charge in [-0.1, -0.05) is 11.6 Å². The number of hydrogen-bond donors (Lipinski definition) is 0. The molecule has 0 radical (unpaired) electrons. The van der Waals surface area contributed by atoms with E-state index in [4.69, 9.17) is 0 Å². The van der Waals surface area contributed by atoms with Crippen molar-refractivity contribution in [2.24, 2.45) is 5.41 Å². The zero-order chi connectivity index (χ0) is 9.31. The van der Waals surface area contributed by atoms with Crippen molar-refractivity contribution in [3.05, 3.63) is 11.6 Å². The maximum absolute atomic E-state index is 2.48. The van der Waals surface area contributed by atoms with Crippen LogP contribution in [0.1, 0.15) is 39.0 Å². The van der Waals surface area contributed by atoms with Gasteiger partial charge in [0, 0.05) is 0 Å². The highest BCUT2D eigenvalue weighted by molar-refractivity contribution is 5.07. The Labute approximate surface area is 81.8 Å². The fraction of sp³-hybridized carbons (Fsp3) is 0.833. The maximum Gasteiger partial charge on any atom is -0.00164 e. The Morgan fingerprint density at radius 2 is 1.92 bits per heavy atom. The van der Waals surface area contributed by atoms with E-state index in [0.717, 1.165) is 0 Å². The lowest BCUT2D eigenvalue weighted by Crippen LogP contribution is -2.38. The van der Waals surface area contributed by atoms with Crippen molar-refractivity contribution in [3.8, 4) is 0 Å². The van der Waals surface area contributed by atoms with E-state index in [1.54, 1.807) is 5.57 Å². The van der Waals surface area contributed by atoms with Gasteiger partial charge in [-0.25, -0.2) is 0 Å². The number of hydrogen-bond acceptors (Lipinski definition) is 1. The van der Waals surface area contributed by atoms with Crippen LogP contribution in [-0.4, -0.2) is 25.0 Å². The van der Waals surface area contributed by atoms with Gasteiger partial charge in [0.15, 0.2) is 0 Å². The van der Waals surface area contributed by atoms with Crippen LogP contribution in [-0.2, 0) is 0 Å². The molecule has 0 amide bonds. The summed E-state index contributed by atoms with van der Waals surface area (Å²) in [6.45, 7) is 4.90. The normalized spacial score (nSPS) is 28.9. The van der Waals surface area contributed by atoms with Gasteiger partial charge < -0.3 is 4.90 Å². The van der Waals surface area contributed by atoms with Gasteiger partial charge in [-0.3, -0.25) is 0 Å². The van der Waals surface area contributed by atoms with Crippen LogP contribution in [0.4, 0.5) is 0 Å². The molecule has 1 spiro atoms. The smallest absolute Gasteiger partial charge is 0.00164 e. The second-order valence-corrected chi connectivity index (χ2v) is 5.06. The minimum absolute atomic E-state index is 0.700. The highest BCUT2D eigenvalue weighted by Gasteiger charge is 2.33. The zero-order valence-electron chi connectivity index (χ0n) is 8.97.